The molecule has 0 aliphatic carbocycles. The minimum absolute atomic E-state index is 0.182. The second-order valence-electron chi connectivity index (χ2n) is 6.49. The molecule has 0 aliphatic rings. The highest BCUT2D eigenvalue weighted by Gasteiger charge is 2.30. The van der Waals surface area contributed by atoms with Gasteiger partial charge >= 0.3 is 6.18 Å². The Hall–Kier alpha value is -3.41. The summed E-state index contributed by atoms with van der Waals surface area (Å²) in [6.45, 7) is 1.78. The smallest absolute Gasteiger partial charge is 0.357 e. The zero-order valence-electron chi connectivity index (χ0n) is 14.8. The first-order chi connectivity index (χ1) is 13.3. The molecule has 0 amide bonds. The molecule has 0 radical (unpaired) electrons. The lowest BCUT2D eigenvalue weighted by molar-refractivity contribution is -0.137. The Balaban J connectivity index is 1.85. The van der Waals surface area contributed by atoms with Gasteiger partial charge in [-0.15, -0.1) is 0 Å². The standard InChI is InChI=1S/C22H15F3N2O/c1-13-19(21(28)14-6-3-2-4-7-14)20-18(26-13)11-10-17(27-20)15-8-5-9-16(12-15)22(23,24)25/h2-12,26H,1H3. The quantitative estimate of drug-likeness (QED) is 0.458. The lowest BCUT2D eigenvalue weighted by atomic mass is 10.0. The molecule has 4 rings (SSSR count). The maximum Gasteiger partial charge on any atom is 0.416 e. The summed E-state index contributed by atoms with van der Waals surface area (Å²) < 4.78 is 39.1. The van der Waals surface area contributed by atoms with Crippen LogP contribution in [-0.4, -0.2) is 15.8 Å². The van der Waals surface area contributed by atoms with Crippen LogP contribution in [0.25, 0.3) is 22.3 Å². The van der Waals surface area contributed by atoms with Crippen molar-refractivity contribution in [3.05, 3.63) is 89.1 Å². The molecule has 1 N–H and O–H groups in total. The molecule has 0 aliphatic heterocycles. The summed E-state index contributed by atoms with van der Waals surface area (Å²) in [5.41, 5.74) is 2.70. The van der Waals surface area contributed by atoms with E-state index in [1.165, 1.54) is 6.07 Å². The summed E-state index contributed by atoms with van der Waals surface area (Å²) in [6, 6.07) is 17.2. The molecule has 2 heterocycles. The van der Waals surface area contributed by atoms with Gasteiger partial charge in [-0.25, -0.2) is 4.98 Å². The van der Waals surface area contributed by atoms with E-state index in [1.807, 2.05) is 6.07 Å². The number of aromatic nitrogens is 2. The molecule has 0 spiro atoms. The number of aryl methyl sites for hydroxylation is 1. The van der Waals surface area contributed by atoms with E-state index in [2.05, 4.69) is 9.97 Å². The van der Waals surface area contributed by atoms with Crippen LogP contribution in [-0.2, 0) is 6.18 Å². The monoisotopic (exact) mass is 380 g/mol. The summed E-state index contributed by atoms with van der Waals surface area (Å²) in [5, 5.41) is 0. The van der Waals surface area contributed by atoms with E-state index in [0.717, 1.165) is 12.1 Å². The number of hydrogen-bond acceptors (Lipinski definition) is 2. The molecule has 0 bridgehead atoms. The van der Waals surface area contributed by atoms with Crippen LogP contribution in [0.15, 0.2) is 66.7 Å². The zero-order valence-corrected chi connectivity index (χ0v) is 14.8. The maximum atomic E-state index is 13.0. The van der Waals surface area contributed by atoms with Crippen molar-refractivity contribution in [3.8, 4) is 11.3 Å². The average molecular weight is 380 g/mol. The van der Waals surface area contributed by atoms with Crippen LogP contribution >= 0.6 is 0 Å². The Kier molecular flexibility index (Phi) is 4.26. The Morgan fingerprint density at radius 1 is 0.964 bits per heavy atom. The van der Waals surface area contributed by atoms with E-state index in [4.69, 9.17) is 0 Å². The topological polar surface area (TPSA) is 45.8 Å². The lowest BCUT2D eigenvalue weighted by Gasteiger charge is -2.09. The molecule has 140 valence electrons. The number of benzene rings is 2. The Labute approximate surface area is 158 Å². The molecule has 2 aromatic heterocycles. The fourth-order valence-electron chi connectivity index (χ4n) is 3.22. The second kappa shape index (κ2) is 6.64. The first-order valence-electron chi connectivity index (χ1n) is 8.61. The third-order valence-corrected chi connectivity index (χ3v) is 4.58. The van der Waals surface area contributed by atoms with Gasteiger partial charge in [0, 0.05) is 16.8 Å². The van der Waals surface area contributed by atoms with E-state index >= 15 is 0 Å². The fraction of sp³-hybridized carbons (Fsp3) is 0.0909. The number of alkyl halides is 3. The number of pyridine rings is 1. The highest BCUT2D eigenvalue weighted by Crippen LogP contribution is 2.33. The van der Waals surface area contributed by atoms with Gasteiger partial charge in [0.15, 0.2) is 5.78 Å². The van der Waals surface area contributed by atoms with Crippen molar-refractivity contribution in [2.75, 3.05) is 0 Å². The highest BCUT2D eigenvalue weighted by atomic mass is 19.4. The summed E-state index contributed by atoms with van der Waals surface area (Å²) in [4.78, 5) is 20.6. The van der Waals surface area contributed by atoms with Gasteiger partial charge in [-0.3, -0.25) is 4.79 Å². The number of ketones is 1. The largest absolute Gasteiger partial charge is 0.416 e. The molecule has 3 nitrogen and oxygen atoms in total. The van der Waals surface area contributed by atoms with Crippen molar-refractivity contribution >= 4 is 16.8 Å². The van der Waals surface area contributed by atoms with E-state index in [9.17, 15) is 18.0 Å². The number of H-pyrrole nitrogens is 1. The number of hydrogen-bond donors (Lipinski definition) is 1. The molecule has 0 unspecified atom stereocenters. The van der Waals surface area contributed by atoms with E-state index in [-0.39, 0.29) is 5.78 Å². The van der Waals surface area contributed by atoms with Crippen molar-refractivity contribution in [2.24, 2.45) is 0 Å². The van der Waals surface area contributed by atoms with E-state index in [1.54, 1.807) is 49.4 Å². The molecule has 0 saturated heterocycles. The number of halogens is 3. The summed E-state index contributed by atoms with van der Waals surface area (Å²) in [6.07, 6.45) is -4.43. The van der Waals surface area contributed by atoms with E-state index < -0.39 is 11.7 Å². The van der Waals surface area contributed by atoms with Gasteiger partial charge in [-0.2, -0.15) is 13.2 Å². The predicted octanol–water partition coefficient (Wildman–Crippen LogP) is 5.79. The van der Waals surface area contributed by atoms with Gasteiger partial charge in [0.1, 0.15) is 5.52 Å². The molecule has 2 aromatic carbocycles. The first kappa shape index (κ1) is 18.0. The van der Waals surface area contributed by atoms with Crippen LogP contribution in [0.5, 0.6) is 0 Å². The van der Waals surface area contributed by atoms with Crippen LogP contribution in [0.1, 0.15) is 27.2 Å². The van der Waals surface area contributed by atoms with Crippen molar-refractivity contribution < 1.29 is 18.0 Å². The van der Waals surface area contributed by atoms with E-state index in [0.29, 0.717) is 39.1 Å². The van der Waals surface area contributed by atoms with Crippen LogP contribution in [0.2, 0.25) is 0 Å². The fourth-order valence-corrected chi connectivity index (χ4v) is 3.22. The highest BCUT2D eigenvalue weighted by molar-refractivity contribution is 6.16. The van der Waals surface area contributed by atoms with Crippen molar-refractivity contribution in [1.82, 2.24) is 9.97 Å². The normalized spacial score (nSPS) is 11.7. The van der Waals surface area contributed by atoms with Gasteiger partial charge in [-0.05, 0) is 31.2 Å². The predicted molar refractivity (Wildman–Crippen MR) is 101 cm³/mol. The number of carbonyl (C=O) groups is 1. The van der Waals surface area contributed by atoms with Gasteiger partial charge in [-0.1, -0.05) is 42.5 Å². The third-order valence-electron chi connectivity index (χ3n) is 4.58. The van der Waals surface area contributed by atoms with Crippen molar-refractivity contribution in [2.45, 2.75) is 13.1 Å². The number of fused-ring (bicyclic) bond motifs is 1. The number of nitrogens with one attached hydrogen (secondary N) is 1. The number of carbonyl (C=O) groups excluding carboxylic acids is 1. The molecular weight excluding hydrogens is 365 g/mol. The van der Waals surface area contributed by atoms with Gasteiger partial charge in [0.05, 0.1) is 22.3 Å². The Morgan fingerprint density at radius 2 is 1.71 bits per heavy atom. The molecule has 0 saturated carbocycles. The van der Waals surface area contributed by atoms with Crippen LogP contribution in [0.4, 0.5) is 13.2 Å². The lowest BCUT2D eigenvalue weighted by Crippen LogP contribution is -2.05. The SMILES string of the molecule is Cc1[nH]c2ccc(-c3cccc(C(F)(F)F)c3)nc2c1C(=O)c1ccccc1. The van der Waals surface area contributed by atoms with Gasteiger partial charge in [0.25, 0.3) is 0 Å². The minimum atomic E-state index is -4.43. The average Bonchev–Trinajstić information content (AvgIpc) is 3.02. The molecule has 4 aromatic rings. The summed E-state index contributed by atoms with van der Waals surface area (Å²) >= 11 is 0. The summed E-state index contributed by atoms with van der Waals surface area (Å²) in [7, 11) is 0. The van der Waals surface area contributed by atoms with Crippen molar-refractivity contribution in [3.63, 3.8) is 0 Å². The third kappa shape index (κ3) is 3.17. The second-order valence-corrected chi connectivity index (χ2v) is 6.49. The molecular formula is C22H15F3N2O. The molecule has 28 heavy (non-hydrogen) atoms. The van der Waals surface area contributed by atoms with Crippen LogP contribution in [0, 0.1) is 6.92 Å². The Bertz CT molecular complexity index is 1180. The molecule has 0 atom stereocenters. The minimum Gasteiger partial charge on any atom is -0.357 e. The van der Waals surface area contributed by atoms with Crippen LogP contribution in [0.3, 0.4) is 0 Å². The number of rotatable bonds is 3. The maximum absolute atomic E-state index is 13.0. The number of nitrogens with zero attached hydrogens (tertiary/aromatic N) is 1. The molecule has 0 fully saturated rings. The first-order valence-corrected chi connectivity index (χ1v) is 8.61. The number of aromatic amines is 1. The van der Waals surface area contributed by atoms with Crippen LogP contribution < -0.4 is 0 Å². The summed E-state index contributed by atoms with van der Waals surface area (Å²) in [5.74, 6) is -0.182. The molecule has 6 heteroatoms. The van der Waals surface area contributed by atoms with Crippen molar-refractivity contribution in [1.29, 1.82) is 0 Å². The zero-order chi connectivity index (χ0) is 19.9. The van der Waals surface area contributed by atoms with Gasteiger partial charge < -0.3 is 4.98 Å². The van der Waals surface area contributed by atoms with Gasteiger partial charge in [0.2, 0.25) is 0 Å². The Morgan fingerprint density at radius 3 is 2.43 bits per heavy atom.